The predicted molar refractivity (Wildman–Crippen MR) is 128 cm³/mol. The first-order valence-electron chi connectivity index (χ1n) is 9.74. The molecule has 1 aromatic heterocycles. The Hall–Kier alpha value is -3.33. The van der Waals surface area contributed by atoms with Crippen molar-refractivity contribution in [2.45, 2.75) is 23.3 Å². The number of benzene rings is 3. The summed E-state index contributed by atoms with van der Waals surface area (Å²) in [6, 6.07) is 12.5. The molecule has 1 heterocycles. The minimum atomic E-state index is -4.35. The molecule has 0 fully saturated rings. The van der Waals surface area contributed by atoms with Gasteiger partial charge < -0.3 is 24.1 Å². The number of anilines is 1. The molecule has 13 heteroatoms. The van der Waals surface area contributed by atoms with Crippen molar-refractivity contribution in [3.05, 3.63) is 76.2 Å². The molecule has 4 aromatic rings. The van der Waals surface area contributed by atoms with Crippen molar-refractivity contribution in [3.8, 4) is 11.4 Å². The zero-order chi connectivity index (χ0) is 24.8. The van der Waals surface area contributed by atoms with Crippen LogP contribution in [0.4, 0.5) is 5.69 Å². The van der Waals surface area contributed by atoms with E-state index in [4.69, 9.17) is 4.55 Å². The Labute approximate surface area is 195 Å². The first kappa shape index (κ1) is 23.8. The van der Waals surface area contributed by atoms with Crippen molar-refractivity contribution in [2.75, 3.05) is 5.32 Å². The molecule has 0 saturated heterocycles. The fourth-order valence-electron chi connectivity index (χ4n) is 3.52. The summed E-state index contributed by atoms with van der Waals surface area (Å²) < 4.78 is 61.3. The van der Waals surface area contributed by atoms with E-state index >= 15 is 0 Å². The maximum Gasteiger partial charge on any atom is 0.294 e. The summed E-state index contributed by atoms with van der Waals surface area (Å²) in [5.74, 6) is -0.225. The van der Waals surface area contributed by atoms with Crippen LogP contribution < -0.4 is 10.9 Å². The number of phenols is 1. The quantitative estimate of drug-likeness (QED) is 0.191. The summed E-state index contributed by atoms with van der Waals surface area (Å²) in [6.07, 6.45) is 0. The number of hydrogen-bond acceptors (Lipinski definition) is 8. The molecule has 0 bridgehead atoms. The summed E-state index contributed by atoms with van der Waals surface area (Å²) in [5, 5.41) is 17.0. The van der Waals surface area contributed by atoms with Gasteiger partial charge >= 0.3 is 0 Å². The van der Waals surface area contributed by atoms with Gasteiger partial charge in [-0.25, -0.2) is 4.68 Å². The van der Waals surface area contributed by atoms with Crippen molar-refractivity contribution in [2.24, 2.45) is 0 Å². The second kappa shape index (κ2) is 8.47. The van der Waals surface area contributed by atoms with E-state index in [0.29, 0.717) is 33.4 Å². The maximum atomic E-state index is 12.9. The van der Waals surface area contributed by atoms with E-state index in [2.05, 4.69) is 10.4 Å². The summed E-state index contributed by atoms with van der Waals surface area (Å²) in [7, 11) is -8.35. The summed E-state index contributed by atoms with van der Waals surface area (Å²) >= 11 is 0. The fraction of sp³-hybridized carbons (Fsp3) is 0.0952. The number of hydrogen-bond donors (Lipinski definition) is 7. The molecule has 0 unspecified atom stereocenters. The van der Waals surface area contributed by atoms with E-state index in [-0.39, 0.29) is 27.6 Å². The average Bonchev–Trinajstić information content (AvgIpc) is 3.04. The van der Waals surface area contributed by atoms with Gasteiger partial charge in [-0.3, -0.25) is 14.4 Å². The number of aromatic amines is 1. The van der Waals surface area contributed by atoms with Crippen molar-refractivity contribution in [3.63, 3.8) is 0 Å². The van der Waals surface area contributed by atoms with Crippen LogP contribution in [0.1, 0.15) is 11.3 Å². The van der Waals surface area contributed by atoms with E-state index in [1.807, 2.05) is 0 Å². The Kier molecular flexibility index (Phi) is 5.93. The van der Waals surface area contributed by atoms with Crippen LogP contribution in [0.15, 0.2) is 69.2 Å². The number of aromatic nitrogens is 2. The van der Waals surface area contributed by atoms with Gasteiger partial charge in [-0.1, -0.05) is 0 Å². The molecule has 0 spiro atoms. The first-order chi connectivity index (χ1) is 15.8. The number of aryl methyl sites for hydroxylation is 1. The van der Waals surface area contributed by atoms with Gasteiger partial charge in [0.15, 0.2) is 0 Å². The van der Waals surface area contributed by atoms with Crippen LogP contribution in [-0.2, 0) is 16.7 Å². The van der Waals surface area contributed by atoms with E-state index in [1.54, 1.807) is 25.1 Å². The van der Waals surface area contributed by atoms with Crippen LogP contribution in [-0.4, -0.2) is 41.5 Å². The molecule has 0 saturated carbocycles. The van der Waals surface area contributed by atoms with Crippen molar-refractivity contribution in [1.29, 1.82) is 0 Å². The highest BCUT2D eigenvalue weighted by molar-refractivity contribution is 8.19. The van der Waals surface area contributed by atoms with Crippen LogP contribution >= 0.6 is 10.9 Å². The highest BCUT2D eigenvalue weighted by Gasteiger charge is 2.18. The number of aromatic hydroxyl groups is 1. The zero-order valence-corrected chi connectivity index (χ0v) is 19.3. The number of rotatable bonds is 6. The fourth-order valence-corrected chi connectivity index (χ4v) is 4.55. The Morgan fingerprint density at radius 1 is 0.941 bits per heavy atom. The van der Waals surface area contributed by atoms with Crippen LogP contribution in [0.3, 0.4) is 0 Å². The number of phenolic OH excluding ortho intramolecular Hbond substituents is 1. The van der Waals surface area contributed by atoms with Gasteiger partial charge in [0.25, 0.3) is 15.7 Å². The maximum absolute atomic E-state index is 12.9. The normalized spacial score (nSPS) is 12.7. The lowest BCUT2D eigenvalue weighted by Crippen LogP contribution is -2.19. The minimum absolute atomic E-state index is 0.129. The monoisotopic (exact) mass is 507 g/mol. The molecule has 0 aliphatic rings. The molecule has 0 aliphatic heterocycles. The molecule has 0 radical (unpaired) electrons. The lowest BCUT2D eigenvalue weighted by atomic mass is 10.1. The Morgan fingerprint density at radius 2 is 1.62 bits per heavy atom. The third kappa shape index (κ3) is 4.65. The molecule has 180 valence electrons. The molecular formula is C21H21N3O8S2. The Balaban J connectivity index is 1.61. The SMILES string of the molecule is Cc1[nH]n(-c2ccc(S(=O)(=O)O)cc2)c(=O)c1CNc1ccc2c(O)cc(S(O)(O)O)cc2c1. The topological polar surface area (TPSA) is 185 Å². The molecule has 4 rings (SSSR count). The first-order valence-corrected chi connectivity index (χ1v) is 12.7. The van der Waals surface area contributed by atoms with Gasteiger partial charge in [-0.15, -0.1) is 0 Å². The lowest BCUT2D eigenvalue weighted by Gasteiger charge is -2.20. The summed E-state index contributed by atoms with van der Waals surface area (Å²) in [4.78, 5) is 12.4. The molecule has 0 atom stereocenters. The number of H-pyrrole nitrogens is 1. The number of fused-ring (bicyclic) bond motifs is 1. The molecule has 34 heavy (non-hydrogen) atoms. The number of nitrogens with one attached hydrogen (secondary N) is 2. The standard InChI is InChI=1S/C21H21N3O8S2/c1-12-19(21(26)24(23-12)15-3-5-16(6-4-15)33(27,28)29)11-22-14-2-7-18-13(8-14)9-17(10-20(18)25)34(30,31)32/h2-10,22-23,25,30-32H,11H2,1H3,(H,27,28,29). The lowest BCUT2D eigenvalue weighted by molar-refractivity contribution is 0.375. The van der Waals surface area contributed by atoms with Gasteiger partial charge in [-0.05, 0) is 66.9 Å². The largest absolute Gasteiger partial charge is 0.507 e. The summed E-state index contributed by atoms with van der Waals surface area (Å²) in [6.45, 7) is 1.84. The smallest absolute Gasteiger partial charge is 0.294 e. The second-order valence-electron chi connectivity index (χ2n) is 7.58. The summed E-state index contributed by atoms with van der Waals surface area (Å²) in [5.41, 5.74) is 1.58. The highest BCUT2D eigenvalue weighted by Crippen LogP contribution is 2.46. The molecule has 11 nitrogen and oxygen atoms in total. The molecule has 7 N–H and O–H groups in total. The van der Waals surface area contributed by atoms with Gasteiger partial charge in [0.2, 0.25) is 0 Å². The zero-order valence-electron chi connectivity index (χ0n) is 17.6. The van der Waals surface area contributed by atoms with E-state index in [1.165, 1.54) is 35.0 Å². The van der Waals surface area contributed by atoms with Crippen molar-refractivity contribution in [1.82, 2.24) is 9.78 Å². The third-order valence-electron chi connectivity index (χ3n) is 5.28. The van der Waals surface area contributed by atoms with Gasteiger partial charge in [0.1, 0.15) is 16.6 Å². The molecular weight excluding hydrogens is 486 g/mol. The molecule has 0 amide bonds. The van der Waals surface area contributed by atoms with Gasteiger partial charge in [-0.2, -0.15) is 8.42 Å². The average molecular weight is 508 g/mol. The van der Waals surface area contributed by atoms with Crippen LogP contribution in [0, 0.1) is 6.92 Å². The number of nitrogens with zero attached hydrogens (tertiary/aromatic N) is 1. The van der Waals surface area contributed by atoms with Crippen LogP contribution in [0.5, 0.6) is 5.75 Å². The molecule has 3 aromatic carbocycles. The van der Waals surface area contributed by atoms with Gasteiger partial charge in [0, 0.05) is 23.3 Å². The van der Waals surface area contributed by atoms with Crippen molar-refractivity contribution < 1.29 is 31.7 Å². The van der Waals surface area contributed by atoms with Crippen molar-refractivity contribution >= 4 is 37.4 Å². The van der Waals surface area contributed by atoms with E-state index < -0.39 is 21.0 Å². The Morgan fingerprint density at radius 3 is 2.24 bits per heavy atom. The van der Waals surface area contributed by atoms with Crippen LogP contribution in [0.2, 0.25) is 0 Å². The van der Waals surface area contributed by atoms with E-state index in [0.717, 1.165) is 6.07 Å². The molecule has 0 aliphatic carbocycles. The van der Waals surface area contributed by atoms with Gasteiger partial charge in [0.05, 0.1) is 21.0 Å². The van der Waals surface area contributed by atoms with E-state index in [9.17, 15) is 32.0 Å². The third-order valence-corrected chi connectivity index (χ3v) is 7.01. The minimum Gasteiger partial charge on any atom is -0.507 e. The predicted octanol–water partition coefficient (Wildman–Crippen LogP) is 3.77. The van der Waals surface area contributed by atoms with Crippen LogP contribution in [0.25, 0.3) is 16.5 Å². The highest BCUT2D eigenvalue weighted by atomic mass is 32.3. The Bertz CT molecular complexity index is 1550. The second-order valence-corrected chi connectivity index (χ2v) is 10.5.